The molecule has 0 aliphatic carbocycles. The second-order valence-corrected chi connectivity index (χ2v) is 7.32. The molecule has 5 nitrogen and oxygen atoms in total. The predicted octanol–water partition coefficient (Wildman–Crippen LogP) is 2.40. The highest BCUT2D eigenvalue weighted by molar-refractivity contribution is 7.88. The Morgan fingerprint density at radius 3 is 2.57 bits per heavy atom. The molecular weight excluding hydrogens is 321 g/mol. The van der Waals surface area contributed by atoms with E-state index in [1.165, 1.54) is 12.1 Å². The summed E-state index contributed by atoms with van der Waals surface area (Å²) in [6.07, 6.45) is 0.145. The van der Waals surface area contributed by atoms with Gasteiger partial charge in [0.2, 0.25) is 10.0 Å². The zero-order valence-corrected chi connectivity index (χ0v) is 13.2. The number of hydrogen-bond donors (Lipinski definition) is 2. The highest BCUT2D eigenvalue weighted by atomic mass is 35.5. The van der Waals surface area contributed by atoms with Gasteiger partial charge in [0.1, 0.15) is 11.9 Å². The second kappa shape index (κ2) is 7.20. The van der Waals surface area contributed by atoms with Crippen LogP contribution in [0.3, 0.4) is 0 Å². The van der Waals surface area contributed by atoms with Crippen LogP contribution in [0, 0.1) is 11.7 Å². The van der Waals surface area contributed by atoms with Gasteiger partial charge in [-0.25, -0.2) is 17.5 Å². The summed E-state index contributed by atoms with van der Waals surface area (Å²) in [7, 11) is -3.99. The maximum absolute atomic E-state index is 13.5. The normalized spacial score (nSPS) is 13.4. The largest absolute Gasteiger partial charge is 0.480 e. The Morgan fingerprint density at radius 1 is 1.43 bits per heavy atom. The first-order valence-electron chi connectivity index (χ1n) is 6.27. The van der Waals surface area contributed by atoms with Crippen molar-refractivity contribution in [1.29, 1.82) is 0 Å². The van der Waals surface area contributed by atoms with E-state index < -0.39 is 33.6 Å². The maximum atomic E-state index is 13.5. The lowest BCUT2D eigenvalue weighted by Gasteiger charge is -2.16. The fourth-order valence-corrected chi connectivity index (χ4v) is 3.33. The molecule has 0 radical (unpaired) electrons. The van der Waals surface area contributed by atoms with E-state index in [-0.39, 0.29) is 22.9 Å². The van der Waals surface area contributed by atoms with Crippen LogP contribution >= 0.6 is 11.6 Å². The summed E-state index contributed by atoms with van der Waals surface area (Å²) in [6.45, 7) is 3.56. The Kier molecular flexibility index (Phi) is 6.12. The van der Waals surface area contributed by atoms with Crippen molar-refractivity contribution in [3.63, 3.8) is 0 Å². The summed E-state index contributed by atoms with van der Waals surface area (Å²) in [6, 6.07) is 2.33. The van der Waals surface area contributed by atoms with Gasteiger partial charge in [-0.2, -0.15) is 0 Å². The minimum Gasteiger partial charge on any atom is -0.480 e. The molecule has 1 atom stereocenters. The molecule has 2 N–H and O–H groups in total. The molecule has 0 saturated heterocycles. The number of benzene rings is 1. The minimum atomic E-state index is -3.99. The molecule has 0 aliphatic heterocycles. The van der Waals surface area contributed by atoms with E-state index in [1.807, 2.05) is 0 Å². The molecule has 1 aromatic carbocycles. The molecule has 0 amide bonds. The lowest BCUT2D eigenvalue weighted by molar-refractivity contribution is -0.139. The molecule has 1 unspecified atom stereocenters. The van der Waals surface area contributed by atoms with Crippen LogP contribution in [-0.4, -0.2) is 25.5 Å². The summed E-state index contributed by atoms with van der Waals surface area (Å²) in [5.74, 6) is -2.64. The topological polar surface area (TPSA) is 83.5 Å². The smallest absolute Gasteiger partial charge is 0.321 e. The molecular formula is C13H17ClFNO4S. The van der Waals surface area contributed by atoms with Crippen molar-refractivity contribution in [2.24, 2.45) is 5.92 Å². The van der Waals surface area contributed by atoms with Gasteiger partial charge in [-0.05, 0) is 30.5 Å². The maximum Gasteiger partial charge on any atom is 0.321 e. The average molecular weight is 338 g/mol. The van der Waals surface area contributed by atoms with Crippen molar-refractivity contribution in [2.75, 3.05) is 0 Å². The number of hydrogen-bond acceptors (Lipinski definition) is 3. The molecule has 0 bridgehead atoms. The fourth-order valence-electron chi connectivity index (χ4n) is 1.79. The number of halogens is 2. The molecule has 0 fully saturated rings. The van der Waals surface area contributed by atoms with E-state index in [4.69, 9.17) is 16.7 Å². The van der Waals surface area contributed by atoms with Crippen LogP contribution in [0.4, 0.5) is 4.39 Å². The number of aliphatic carboxylic acids is 1. The van der Waals surface area contributed by atoms with Gasteiger partial charge in [0.05, 0.1) is 5.75 Å². The number of carboxylic acid groups (broad SMARTS) is 1. The Morgan fingerprint density at radius 2 is 2.05 bits per heavy atom. The summed E-state index contributed by atoms with van der Waals surface area (Å²) in [5.41, 5.74) is -0.108. The molecule has 1 rings (SSSR count). The van der Waals surface area contributed by atoms with Crippen LogP contribution in [0.2, 0.25) is 5.02 Å². The third kappa shape index (κ3) is 5.99. The van der Waals surface area contributed by atoms with E-state index in [0.717, 1.165) is 6.07 Å². The summed E-state index contributed by atoms with van der Waals surface area (Å²) in [5, 5.41) is 9.24. The van der Waals surface area contributed by atoms with Gasteiger partial charge in [0, 0.05) is 10.6 Å². The molecule has 0 aromatic heterocycles. The summed E-state index contributed by atoms with van der Waals surface area (Å²) >= 11 is 5.69. The third-order valence-corrected chi connectivity index (χ3v) is 4.25. The Hall–Kier alpha value is -1.18. The van der Waals surface area contributed by atoms with Crippen LogP contribution in [0.5, 0.6) is 0 Å². The second-order valence-electron chi connectivity index (χ2n) is 5.13. The van der Waals surface area contributed by atoms with E-state index in [0.29, 0.717) is 0 Å². The van der Waals surface area contributed by atoms with Gasteiger partial charge in [-0.1, -0.05) is 25.4 Å². The van der Waals surface area contributed by atoms with Gasteiger partial charge in [-0.3, -0.25) is 4.79 Å². The first-order valence-corrected chi connectivity index (χ1v) is 8.30. The lowest BCUT2D eigenvalue weighted by atomic mass is 10.1. The fraction of sp³-hybridized carbons (Fsp3) is 0.462. The van der Waals surface area contributed by atoms with Crippen molar-refractivity contribution in [1.82, 2.24) is 4.72 Å². The van der Waals surface area contributed by atoms with Crippen LogP contribution in [0.15, 0.2) is 18.2 Å². The monoisotopic (exact) mass is 337 g/mol. The molecule has 0 heterocycles. The SMILES string of the molecule is CC(C)CC(NS(=O)(=O)Cc1cc(Cl)ccc1F)C(=O)O. The lowest BCUT2D eigenvalue weighted by Crippen LogP contribution is -2.42. The highest BCUT2D eigenvalue weighted by Gasteiger charge is 2.25. The quantitative estimate of drug-likeness (QED) is 0.800. The van der Waals surface area contributed by atoms with Crippen LogP contribution < -0.4 is 4.72 Å². The minimum absolute atomic E-state index is 0.00305. The van der Waals surface area contributed by atoms with Crippen LogP contribution in [0.1, 0.15) is 25.8 Å². The zero-order chi connectivity index (χ0) is 16.2. The Bertz CT molecular complexity index is 619. The van der Waals surface area contributed by atoms with Gasteiger partial charge >= 0.3 is 5.97 Å². The van der Waals surface area contributed by atoms with E-state index in [1.54, 1.807) is 13.8 Å². The van der Waals surface area contributed by atoms with Crippen LogP contribution in [0.25, 0.3) is 0 Å². The number of carbonyl (C=O) groups is 1. The van der Waals surface area contributed by atoms with E-state index in [2.05, 4.69) is 4.72 Å². The number of nitrogens with one attached hydrogen (secondary N) is 1. The van der Waals surface area contributed by atoms with Crippen molar-refractivity contribution < 1.29 is 22.7 Å². The Labute approximate surface area is 128 Å². The molecule has 21 heavy (non-hydrogen) atoms. The van der Waals surface area contributed by atoms with E-state index in [9.17, 15) is 17.6 Å². The van der Waals surface area contributed by atoms with Gasteiger partial charge in [0.15, 0.2) is 0 Å². The van der Waals surface area contributed by atoms with Crippen molar-refractivity contribution in [2.45, 2.75) is 32.1 Å². The highest BCUT2D eigenvalue weighted by Crippen LogP contribution is 2.17. The predicted molar refractivity (Wildman–Crippen MR) is 78.0 cm³/mol. The summed E-state index contributed by atoms with van der Waals surface area (Å²) < 4.78 is 39.6. The standard InChI is InChI=1S/C13H17ClFNO4S/c1-8(2)5-12(13(17)18)16-21(19,20)7-9-6-10(14)3-4-11(9)15/h3-4,6,8,12,16H,5,7H2,1-2H3,(H,17,18). The first kappa shape index (κ1) is 17.9. The molecule has 8 heteroatoms. The van der Waals surface area contributed by atoms with Gasteiger partial charge in [-0.15, -0.1) is 0 Å². The van der Waals surface area contributed by atoms with Crippen molar-refractivity contribution >= 4 is 27.6 Å². The first-order chi connectivity index (χ1) is 9.60. The van der Waals surface area contributed by atoms with Gasteiger partial charge < -0.3 is 5.11 Å². The zero-order valence-electron chi connectivity index (χ0n) is 11.6. The van der Waals surface area contributed by atoms with E-state index >= 15 is 0 Å². The van der Waals surface area contributed by atoms with Crippen molar-refractivity contribution in [3.05, 3.63) is 34.6 Å². The third-order valence-electron chi connectivity index (χ3n) is 2.68. The number of carboxylic acids is 1. The molecule has 0 spiro atoms. The molecule has 118 valence electrons. The summed E-state index contributed by atoms with van der Waals surface area (Å²) in [4.78, 5) is 11.1. The number of sulfonamides is 1. The number of rotatable bonds is 7. The van der Waals surface area contributed by atoms with Gasteiger partial charge in [0.25, 0.3) is 0 Å². The Balaban J connectivity index is 2.90. The molecule has 0 aliphatic rings. The van der Waals surface area contributed by atoms with Crippen molar-refractivity contribution in [3.8, 4) is 0 Å². The molecule has 0 saturated carbocycles. The molecule has 1 aromatic rings. The van der Waals surface area contributed by atoms with Crippen LogP contribution in [-0.2, 0) is 20.6 Å². The average Bonchev–Trinajstić information content (AvgIpc) is 2.31.